The number of aldehydes is 1. The molecule has 0 atom stereocenters. The second-order valence-corrected chi connectivity index (χ2v) is 2.92. The van der Waals surface area contributed by atoms with E-state index in [0.29, 0.717) is 0 Å². The van der Waals surface area contributed by atoms with Gasteiger partial charge in [0.15, 0.2) is 0 Å². The van der Waals surface area contributed by atoms with Crippen molar-refractivity contribution in [1.29, 1.82) is 0 Å². The van der Waals surface area contributed by atoms with Crippen molar-refractivity contribution in [3.05, 3.63) is 11.6 Å². The number of hydrogen-bond acceptors (Lipinski definition) is 1. The van der Waals surface area contributed by atoms with Gasteiger partial charge in [0.1, 0.15) is 6.29 Å². The van der Waals surface area contributed by atoms with Crippen LogP contribution >= 0.6 is 0 Å². The fraction of sp³-hybridized carbons (Fsp3) is 0.700. The van der Waals surface area contributed by atoms with Gasteiger partial charge in [-0.1, -0.05) is 32.3 Å². The molecule has 0 aromatic rings. The monoisotopic (exact) mass is 154 g/mol. The Morgan fingerprint density at radius 1 is 1.27 bits per heavy atom. The fourth-order valence-corrected chi connectivity index (χ4v) is 0.949. The van der Waals surface area contributed by atoms with Crippen LogP contribution in [0.2, 0.25) is 0 Å². The van der Waals surface area contributed by atoms with Gasteiger partial charge in [-0.3, -0.25) is 4.79 Å². The molecule has 0 bridgehead atoms. The molecule has 11 heavy (non-hydrogen) atoms. The molecule has 1 nitrogen and oxygen atoms in total. The predicted molar refractivity (Wildman–Crippen MR) is 48.6 cm³/mol. The largest absolute Gasteiger partial charge is 0.298 e. The molecule has 0 heterocycles. The summed E-state index contributed by atoms with van der Waals surface area (Å²) >= 11 is 0. The SMILES string of the molecule is CCCCCC/C=C(\C)C=O. The molecule has 0 saturated heterocycles. The van der Waals surface area contributed by atoms with Crippen LogP contribution in [0.1, 0.15) is 46.0 Å². The van der Waals surface area contributed by atoms with Crippen LogP contribution < -0.4 is 0 Å². The summed E-state index contributed by atoms with van der Waals surface area (Å²) in [4.78, 5) is 10.2. The van der Waals surface area contributed by atoms with Crippen molar-refractivity contribution in [2.45, 2.75) is 46.0 Å². The van der Waals surface area contributed by atoms with Gasteiger partial charge in [0, 0.05) is 0 Å². The highest BCUT2D eigenvalue weighted by Gasteiger charge is 1.86. The molecule has 0 spiro atoms. The third kappa shape index (κ3) is 7.31. The first-order chi connectivity index (χ1) is 5.31. The van der Waals surface area contributed by atoms with Crippen LogP contribution in [0.15, 0.2) is 11.6 Å². The first-order valence-corrected chi connectivity index (χ1v) is 4.43. The Labute approximate surface area is 69.5 Å². The van der Waals surface area contributed by atoms with Crippen LogP contribution in [0.4, 0.5) is 0 Å². The lowest BCUT2D eigenvalue weighted by molar-refractivity contribution is -0.104. The molecule has 0 saturated carbocycles. The molecular formula is C10H18O. The van der Waals surface area contributed by atoms with E-state index >= 15 is 0 Å². The van der Waals surface area contributed by atoms with E-state index in [1.807, 2.05) is 13.0 Å². The molecule has 0 rings (SSSR count). The second kappa shape index (κ2) is 7.52. The Kier molecular flexibility index (Phi) is 7.11. The smallest absolute Gasteiger partial charge is 0.145 e. The zero-order chi connectivity index (χ0) is 8.53. The van der Waals surface area contributed by atoms with Crippen molar-refractivity contribution in [3.63, 3.8) is 0 Å². The highest BCUT2D eigenvalue weighted by Crippen LogP contribution is 2.04. The number of unbranched alkanes of at least 4 members (excludes halogenated alkanes) is 4. The maximum Gasteiger partial charge on any atom is 0.145 e. The fourth-order valence-electron chi connectivity index (χ4n) is 0.949. The van der Waals surface area contributed by atoms with Crippen LogP contribution in [0.25, 0.3) is 0 Å². The number of carbonyl (C=O) groups excluding carboxylic acids is 1. The van der Waals surface area contributed by atoms with Crippen LogP contribution in [0.3, 0.4) is 0 Å². The lowest BCUT2D eigenvalue weighted by Gasteiger charge is -1.94. The average molecular weight is 154 g/mol. The summed E-state index contributed by atoms with van der Waals surface area (Å²) < 4.78 is 0. The van der Waals surface area contributed by atoms with Crippen molar-refractivity contribution in [2.75, 3.05) is 0 Å². The van der Waals surface area contributed by atoms with E-state index < -0.39 is 0 Å². The van der Waals surface area contributed by atoms with Crippen molar-refractivity contribution >= 4 is 6.29 Å². The summed E-state index contributed by atoms with van der Waals surface area (Å²) in [7, 11) is 0. The van der Waals surface area contributed by atoms with Gasteiger partial charge in [-0.25, -0.2) is 0 Å². The maximum absolute atomic E-state index is 10.2. The summed E-state index contributed by atoms with van der Waals surface area (Å²) in [6, 6.07) is 0. The molecule has 0 radical (unpaired) electrons. The molecular weight excluding hydrogens is 136 g/mol. The van der Waals surface area contributed by atoms with E-state index in [1.54, 1.807) is 0 Å². The molecule has 0 aromatic carbocycles. The third-order valence-corrected chi connectivity index (χ3v) is 1.71. The minimum absolute atomic E-state index is 0.862. The Morgan fingerprint density at radius 2 is 2.00 bits per heavy atom. The molecule has 0 amide bonds. The van der Waals surface area contributed by atoms with Crippen molar-refractivity contribution in [1.82, 2.24) is 0 Å². The highest BCUT2D eigenvalue weighted by atomic mass is 16.1. The maximum atomic E-state index is 10.2. The van der Waals surface area contributed by atoms with E-state index in [4.69, 9.17) is 0 Å². The Morgan fingerprint density at radius 3 is 2.55 bits per heavy atom. The van der Waals surface area contributed by atoms with Crippen molar-refractivity contribution in [3.8, 4) is 0 Å². The van der Waals surface area contributed by atoms with Crippen molar-refractivity contribution < 1.29 is 4.79 Å². The summed E-state index contributed by atoms with van der Waals surface area (Å²) in [5.41, 5.74) is 0.862. The van der Waals surface area contributed by atoms with Gasteiger partial charge in [0.05, 0.1) is 0 Å². The predicted octanol–water partition coefficient (Wildman–Crippen LogP) is 3.10. The molecule has 0 aliphatic rings. The molecule has 64 valence electrons. The summed E-state index contributed by atoms with van der Waals surface area (Å²) in [6.07, 6.45) is 9.09. The van der Waals surface area contributed by atoms with E-state index in [2.05, 4.69) is 6.92 Å². The molecule has 0 fully saturated rings. The standard InChI is InChI=1S/C10H18O/c1-3-4-5-6-7-8-10(2)9-11/h8-9H,3-7H2,1-2H3/b10-8+. The number of allylic oxidation sites excluding steroid dienone is 2. The lowest BCUT2D eigenvalue weighted by Crippen LogP contribution is -1.78. The zero-order valence-electron chi connectivity index (χ0n) is 7.60. The highest BCUT2D eigenvalue weighted by molar-refractivity contribution is 5.71. The number of carbonyl (C=O) groups is 1. The van der Waals surface area contributed by atoms with E-state index in [9.17, 15) is 4.79 Å². The first-order valence-electron chi connectivity index (χ1n) is 4.43. The van der Waals surface area contributed by atoms with Crippen LogP contribution in [-0.4, -0.2) is 6.29 Å². The Balaban J connectivity index is 3.19. The number of hydrogen-bond donors (Lipinski definition) is 0. The van der Waals surface area contributed by atoms with Gasteiger partial charge in [-0.15, -0.1) is 0 Å². The molecule has 0 unspecified atom stereocenters. The molecule has 1 heteroatoms. The summed E-state index contributed by atoms with van der Waals surface area (Å²) in [5, 5.41) is 0. The Bertz CT molecular complexity index is 125. The van der Waals surface area contributed by atoms with Gasteiger partial charge >= 0.3 is 0 Å². The van der Waals surface area contributed by atoms with Gasteiger partial charge in [-0.2, -0.15) is 0 Å². The van der Waals surface area contributed by atoms with Crippen LogP contribution in [0, 0.1) is 0 Å². The van der Waals surface area contributed by atoms with E-state index in [-0.39, 0.29) is 0 Å². The summed E-state index contributed by atoms with van der Waals surface area (Å²) in [6.45, 7) is 4.05. The molecule has 0 aliphatic heterocycles. The van der Waals surface area contributed by atoms with E-state index in [1.165, 1.54) is 25.7 Å². The van der Waals surface area contributed by atoms with Crippen molar-refractivity contribution in [2.24, 2.45) is 0 Å². The minimum atomic E-state index is 0.862. The van der Waals surface area contributed by atoms with Crippen LogP contribution in [-0.2, 0) is 4.79 Å². The Hall–Kier alpha value is -0.590. The third-order valence-electron chi connectivity index (χ3n) is 1.71. The van der Waals surface area contributed by atoms with Gasteiger partial charge in [0.2, 0.25) is 0 Å². The zero-order valence-corrected chi connectivity index (χ0v) is 7.60. The average Bonchev–Trinajstić information content (AvgIpc) is 2.04. The van der Waals surface area contributed by atoms with Crippen LogP contribution in [0.5, 0.6) is 0 Å². The minimum Gasteiger partial charge on any atom is -0.298 e. The van der Waals surface area contributed by atoms with E-state index in [0.717, 1.165) is 18.3 Å². The van der Waals surface area contributed by atoms with Gasteiger partial charge < -0.3 is 0 Å². The molecule has 0 aliphatic carbocycles. The topological polar surface area (TPSA) is 17.1 Å². The second-order valence-electron chi connectivity index (χ2n) is 2.92. The normalized spacial score (nSPS) is 11.6. The molecule has 0 aromatic heterocycles. The molecule has 0 N–H and O–H groups in total. The first kappa shape index (κ1) is 10.4. The lowest BCUT2D eigenvalue weighted by atomic mass is 10.1. The summed E-state index contributed by atoms with van der Waals surface area (Å²) in [5.74, 6) is 0. The van der Waals surface area contributed by atoms with Gasteiger partial charge in [0.25, 0.3) is 0 Å². The number of rotatable bonds is 6. The quantitative estimate of drug-likeness (QED) is 0.326. The van der Waals surface area contributed by atoms with Gasteiger partial charge in [-0.05, 0) is 25.3 Å².